The lowest BCUT2D eigenvalue weighted by Crippen LogP contribution is -2.57. The van der Waals surface area contributed by atoms with Crippen molar-refractivity contribution in [2.75, 3.05) is 24.5 Å². The number of carbonyl (C=O) groups excluding carboxylic acids is 1. The molecule has 0 radical (unpaired) electrons. The van der Waals surface area contributed by atoms with E-state index in [1.54, 1.807) is 18.6 Å². The van der Waals surface area contributed by atoms with Crippen LogP contribution in [0.25, 0.3) is 0 Å². The van der Waals surface area contributed by atoms with Crippen LogP contribution in [0.1, 0.15) is 19.8 Å². The highest BCUT2D eigenvalue weighted by molar-refractivity contribution is 5.73. The SMILES string of the molecule is CC1C=CC(O)=CC1N1CCN(c2ccoc2)CC1CCC(N)=O. The van der Waals surface area contributed by atoms with E-state index in [1.165, 1.54) is 0 Å². The number of rotatable bonds is 5. The number of hydrogen-bond donors (Lipinski definition) is 2. The molecule has 3 atom stereocenters. The molecule has 2 aliphatic rings. The third-order valence-electron chi connectivity index (χ3n) is 4.96. The molecule has 1 aromatic heterocycles. The van der Waals surface area contributed by atoms with Gasteiger partial charge in [-0.2, -0.15) is 0 Å². The Bertz CT molecular complexity index is 623. The van der Waals surface area contributed by atoms with Crippen LogP contribution < -0.4 is 10.6 Å². The normalized spacial score (nSPS) is 28.0. The molecule has 1 fully saturated rings. The largest absolute Gasteiger partial charge is 0.508 e. The molecule has 3 N–H and O–H groups in total. The number of allylic oxidation sites excluding steroid dienone is 1. The first-order chi connectivity index (χ1) is 11.5. The summed E-state index contributed by atoms with van der Waals surface area (Å²) >= 11 is 0. The monoisotopic (exact) mass is 331 g/mol. The lowest BCUT2D eigenvalue weighted by Gasteiger charge is -2.46. The maximum atomic E-state index is 11.3. The predicted molar refractivity (Wildman–Crippen MR) is 92.6 cm³/mol. The summed E-state index contributed by atoms with van der Waals surface area (Å²) in [5, 5.41) is 9.89. The van der Waals surface area contributed by atoms with E-state index < -0.39 is 0 Å². The summed E-state index contributed by atoms with van der Waals surface area (Å²) in [5.74, 6) is 0.354. The van der Waals surface area contributed by atoms with Crippen molar-refractivity contribution in [1.82, 2.24) is 4.90 Å². The first-order valence-electron chi connectivity index (χ1n) is 8.45. The van der Waals surface area contributed by atoms with Crippen LogP contribution in [-0.4, -0.2) is 47.6 Å². The van der Waals surface area contributed by atoms with Crippen molar-refractivity contribution >= 4 is 11.6 Å². The third-order valence-corrected chi connectivity index (χ3v) is 4.96. The van der Waals surface area contributed by atoms with Crippen molar-refractivity contribution in [3.63, 3.8) is 0 Å². The van der Waals surface area contributed by atoms with Crippen LogP contribution in [0.3, 0.4) is 0 Å². The molecule has 0 bridgehead atoms. The Hall–Kier alpha value is -2.21. The van der Waals surface area contributed by atoms with E-state index >= 15 is 0 Å². The molecule has 0 spiro atoms. The van der Waals surface area contributed by atoms with Gasteiger partial charge in [-0.3, -0.25) is 9.69 Å². The first-order valence-corrected chi connectivity index (χ1v) is 8.45. The van der Waals surface area contributed by atoms with E-state index in [0.717, 1.165) is 25.3 Å². The minimum atomic E-state index is -0.273. The molecule has 1 aliphatic carbocycles. The molecule has 6 heteroatoms. The summed E-state index contributed by atoms with van der Waals surface area (Å²) in [6.45, 7) is 4.71. The highest BCUT2D eigenvalue weighted by Crippen LogP contribution is 2.28. The van der Waals surface area contributed by atoms with Crippen LogP contribution in [0, 0.1) is 5.92 Å². The molecule has 130 valence electrons. The van der Waals surface area contributed by atoms with E-state index in [0.29, 0.717) is 24.5 Å². The molecular weight excluding hydrogens is 306 g/mol. The van der Waals surface area contributed by atoms with Gasteiger partial charge >= 0.3 is 0 Å². The van der Waals surface area contributed by atoms with Crippen LogP contribution >= 0.6 is 0 Å². The van der Waals surface area contributed by atoms with Gasteiger partial charge in [-0.05, 0) is 30.6 Å². The van der Waals surface area contributed by atoms with E-state index in [1.807, 2.05) is 18.2 Å². The van der Waals surface area contributed by atoms with Gasteiger partial charge in [0.05, 0.1) is 12.0 Å². The highest BCUT2D eigenvalue weighted by Gasteiger charge is 2.34. The van der Waals surface area contributed by atoms with Gasteiger partial charge in [0.15, 0.2) is 0 Å². The maximum absolute atomic E-state index is 11.3. The lowest BCUT2D eigenvalue weighted by atomic mass is 9.91. The molecule has 1 aromatic rings. The van der Waals surface area contributed by atoms with Crippen molar-refractivity contribution < 1.29 is 14.3 Å². The van der Waals surface area contributed by atoms with Gasteiger partial charge in [-0.15, -0.1) is 0 Å². The fraction of sp³-hybridized carbons (Fsp3) is 0.500. The smallest absolute Gasteiger partial charge is 0.217 e. The Balaban J connectivity index is 1.77. The molecule has 1 aliphatic heterocycles. The molecule has 24 heavy (non-hydrogen) atoms. The van der Waals surface area contributed by atoms with Crippen molar-refractivity contribution in [3.05, 3.63) is 42.6 Å². The summed E-state index contributed by atoms with van der Waals surface area (Å²) in [4.78, 5) is 15.9. The van der Waals surface area contributed by atoms with Crippen LogP contribution in [0.4, 0.5) is 5.69 Å². The zero-order chi connectivity index (χ0) is 17.1. The van der Waals surface area contributed by atoms with Crippen LogP contribution in [0.5, 0.6) is 0 Å². The van der Waals surface area contributed by atoms with Crippen molar-refractivity contribution in [2.24, 2.45) is 11.7 Å². The Morgan fingerprint density at radius 3 is 3.00 bits per heavy atom. The van der Waals surface area contributed by atoms with Gasteiger partial charge in [-0.1, -0.05) is 13.0 Å². The number of furan rings is 1. The quantitative estimate of drug-likeness (QED) is 0.863. The third kappa shape index (κ3) is 3.64. The number of primary amides is 1. The molecule has 1 amide bonds. The molecular formula is C18H25N3O3. The van der Waals surface area contributed by atoms with Gasteiger partial charge in [-0.25, -0.2) is 0 Å². The number of hydrogen-bond acceptors (Lipinski definition) is 5. The Morgan fingerprint density at radius 1 is 1.46 bits per heavy atom. The number of piperazine rings is 1. The van der Waals surface area contributed by atoms with E-state index in [4.69, 9.17) is 10.2 Å². The summed E-state index contributed by atoms with van der Waals surface area (Å²) in [6.07, 6.45) is 10.2. The molecule has 2 heterocycles. The second-order valence-electron chi connectivity index (χ2n) is 6.62. The summed E-state index contributed by atoms with van der Waals surface area (Å²) in [5.41, 5.74) is 6.43. The fourth-order valence-electron chi connectivity index (χ4n) is 3.64. The highest BCUT2D eigenvalue weighted by atomic mass is 16.3. The van der Waals surface area contributed by atoms with Crippen LogP contribution in [0.15, 0.2) is 47.0 Å². The number of aliphatic hydroxyl groups is 1. The first kappa shape index (κ1) is 16.6. The van der Waals surface area contributed by atoms with E-state index in [9.17, 15) is 9.90 Å². The van der Waals surface area contributed by atoms with Crippen molar-refractivity contribution in [1.29, 1.82) is 0 Å². The predicted octanol–water partition coefficient (Wildman–Crippen LogP) is 2.05. The molecule has 1 saturated heterocycles. The Labute approximate surface area is 142 Å². The average molecular weight is 331 g/mol. The van der Waals surface area contributed by atoms with Crippen LogP contribution in [-0.2, 0) is 4.79 Å². The van der Waals surface area contributed by atoms with Gasteiger partial charge in [0.2, 0.25) is 5.91 Å². The lowest BCUT2D eigenvalue weighted by molar-refractivity contribution is -0.118. The van der Waals surface area contributed by atoms with Crippen molar-refractivity contribution in [2.45, 2.75) is 31.8 Å². The van der Waals surface area contributed by atoms with Crippen molar-refractivity contribution in [3.8, 4) is 0 Å². The topological polar surface area (TPSA) is 82.9 Å². The number of carbonyl (C=O) groups is 1. The summed E-state index contributed by atoms with van der Waals surface area (Å²) in [6, 6.07) is 2.29. The molecule has 0 aromatic carbocycles. The second-order valence-corrected chi connectivity index (χ2v) is 6.62. The number of amides is 1. The minimum absolute atomic E-state index is 0.138. The number of nitrogens with two attached hydrogens (primary N) is 1. The molecule has 3 rings (SSSR count). The van der Waals surface area contributed by atoms with Gasteiger partial charge in [0.1, 0.15) is 12.0 Å². The molecule has 0 saturated carbocycles. The van der Waals surface area contributed by atoms with E-state index in [2.05, 4.69) is 16.7 Å². The number of anilines is 1. The zero-order valence-corrected chi connectivity index (χ0v) is 14.0. The number of aliphatic hydroxyl groups excluding tert-OH is 1. The fourth-order valence-corrected chi connectivity index (χ4v) is 3.64. The van der Waals surface area contributed by atoms with Gasteiger partial charge in [0.25, 0.3) is 0 Å². The van der Waals surface area contributed by atoms with Gasteiger partial charge in [0, 0.05) is 38.1 Å². The molecule has 3 unspecified atom stereocenters. The van der Waals surface area contributed by atoms with Crippen LogP contribution in [0.2, 0.25) is 0 Å². The second kappa shape index (κ2) is 7.13. The minimum Gasteiger partial charge on any atom is -0.508 e. The van der Waals surface area contributed by atoms with E-state index in [-0.39, 0.29) is 18.0 Å². The average Bonchev–Trinajstić information content (AvgIpc) is 3.09. The Morgan fingerprint density at radius 2 is 2.29 bits per heavy atom. The summed E-state index contributed by atoms with van der Waals surface area (Å²) in [7, 11) is 0. The summed E-state index contributed by atoms with van der Waals surface area (Å²) < 4.78 is 5.19. The molecule has 6 nitrogen and oxygen atoms in total. The Kier molecular flexibility index (Phi) is 4.94. The maximum Gasteiger partial charge on any atom is 0.217 e. The number of nitrogens with zero attached hydrogens (tertiary/aromatic N) is 2. The van der Waals surface area contributed by atoms with Gasteiger partial charge < -0.3 is 20.2 Å². The standard InChI is InChI=1S/C18H25N3O3/c1-13-2-4-16(22)10-17(13)21-8-7-20(15-6-9-24-12-15)11-14(21)3-5-18(19)23/h2,4,6,9-10,12-14,17,22H,3,5,7-8,11H2,1H3,(H2,19,23). The zero-order valence-electron chi connectivity index (χ0n) is 14.0.